The zero-order valence-corrected chi connectivity index (χ0v) is 11.0. The van der Waals surface area contributed by atoms with Gasteiger partial charge in [0.05, 0.1) is 5.52 Å². The Kier molecular flexibility index (Phi) is 2.40. The number of rotatable bonds is 1. The third kappa shape index (κ3) is 1.71. The molecule has 0 aliphatic rings. The molecule has 0 unspecified atom stereocenters. The smallest absolute Gasteiger partial charge is 0.182 e. The molecule has 0 fully saturated rings. The molecule has 4 rings (SSSR count). The summed E-state index contributed by atoms with van der Waals surface area (Å²) in [5, 5.41) is 5.97. The Morgan fingerprint density at radius 2 is 1.90 bits per heavy atom. The molecule has 0 aliphatic carbocycles. The summed E-state index contributed by atoms with van der Waals surface area (Å²) in [5.41, 5.74) is 2.50. The van der Waals surface area contributed by atoms with Gasteiger partial charge in [-0.1, -0.05) is 11.6 Å². The first kappa shape index (κ1) is 11.3. The van der Waals surface area contributed by atoms with E-state index in [-0.39, 0.29) is 0 Å². The van der Waals surface area contributed by atoms with E-state index in [0.717, 1.165) is 22.1 Å². The minimum atomic E-state index is 0.640. The number of pyridine rings is 1. The summed E-state index contributed by atoms with van der Waals surface area (Å²) in [6.45, 7) is 0. The zero-order chi connectivity index (χ0) is 13.5. The highest BCUT2D eigenvalue weighted by molar-refractivity contribution is 6.31. The number of hydrogen-bond donors (Lipinski definition) is 0. The minimum absolute atomic E-state index is 0.640. The molecule has 0 saturated carbocycles. The van der Waals surface area contributed by atoms with Gasteiger partial charge in [0, 0.05) is 28.4 Å². The SMILES string of the molecule is Clc1ccc2ncn3nc(-c4ccncc4)nc3c2c1. The van der Waals surface area contributed by atoms with Gasteiger partial charge in [-0.15, -0.1) is 5.10 Å². The number of benzene rings is 1. The van der Waals surface area contributed by atoms with E-state index in [9.17, 15) is 0 Å². The molecule has 0 amide bonds. The van der Waals surface area contributed by atoms with E-state index in [0.29, 0.717) is 10.8 Å². The van der Waals surface area contributed by atoms with Crippen molar-refractivity contribution >= 4 is 28.2 Å². The quantitative estimate of drug-likeness (QED) is 0.538. The Morgan fingerprint density at radius 1 is 1.05 bits per heavy atom. The van der Waals surface area contributed by atoms with Crippen LogP contribution in [0, 0.1) is 0 Å². The van der Waals surface area contributed by atoms with Gasteiger partial charge >= 0.3 is 0 Å². The van der Waals surface area contributed by atoms with Crippen molar-refractivity contribution in [1.82, 2.24) is 24.6 Å². The van der Waals surface area contributed by atoms with Gasteiger partial charge in [0.25, 0.3) is 0 Å². The van der Waals surface area contributed by atoms with Crippen molar-refractivity contribution in [3.63, 3.8) is 0 Å². The van der Waals surface area contributed by atoms with Crippen LogP contribution in [0.1, 0.15) is 0 Å². The zero-order valence-electron chi connectivity index (χ0n) is 10.2. The van der Waals surface area contributed by atoms with Gasteiger partial charge in [0.15, 0.2) is 11.5 Å². The minimum Gasteiger partial charge on any atom is -0.265 e. The maximum absolute atomic E-state index is 6.05. The van der Waals surface area contributed by atoms with Crippen molar-refractivity contribution in [3.05, 3.63) is 54.1 Å². The van der Waals surface area contributed by atoms with Crippen molar-refractivity contribution in [3.8, 4) is 11.4 Å². The van der Waals surface area contributed by atoms with Crippen molar-refractivity contribution in [1.29, 1.82) is 0 Å². The Hall–Kier alpha value is -2.53. The van der Waals surface area contributed by atoms with E-state index in [1.807, 2.05) is 30.3 Å². The molecular weight excluding hydrogens is 274 g/mol. The molecule has 0 bridgehead atoms. The topological polar surface area (TPSA) is 56.0 Å². The van der Waals surface area contributed by atoms with Gasteiger partial charge in [-0.05, 0) is 30.3 Å². The molecule has 5 nitrogen and oxygen atoms in total. The van der Waals surface area contributed by atoms with Gasteiger partial charge < -0.3 is 0 Å². The molecule has 3 aromatic heterocycles. The molecule has 96 valence electrons. The van der Waals surface area contributed by atoms with Crippen LogP contribution >= 0.6 is 11.6 Å². The van der Waals surface area contributed by atoms with Crippen LogP contribution in [0.25, 0.3) is 27.9 Å². The second-order valence-electron chi connectivity index (χ2n) is 4.35. The second kappa shape index (κ2) is 4.25. The molecule has 0 aliphatic heterocycles. The van der Waals surface area contributed by atoms with Crippen molar-refractivity contribution < 1.29 is 0 Å². The number of aromatic nitrogens is 5. The Morgan fingerprint density at radius 3 is 2.75 bits per heavy atom. The lowest BCUT2D eigenvalue weighted by atomic mass is 10.2. The third-order valence-corrected chi connectivity index (χ3v) is 3.31. The standard InChI is InChI=1S/C14H8ClN5/c15-10-1-2-12-11(7-10)14-18-13(19-20(14)8-17-12)9-3-5-16-6-4-9/h1-8H. The first-order valence-corrected chi connectivity index (χ1v) is 6.40. The van der Waals surface area contributed by atoms with E-state index in [1.54, 1.807) is 23.2 Å². The first-order valence-electron chi connectivity index (χ1n) is 6.02. The summed E-state index contributed by atoms with van der Waals surface area (Å²) >= 11 is 6.05. The fraction of sp³-hybridized carbons (Fsp3) is 0. The van der Waals surface area contributed by atoms with Gasteiger partial charge in [-0.25, -0.2) is 14.5 Å². The lowest BCUT2D eigenvalue weighted by molar-refractivity contribution is 0.938. The largest absolute Gasteiger partial charge is 0.265 e. The van der Waals surface area contributed by atoms with Crippen LogP contribution in [-0.4, -0.2) is 24.6 Å². The predicted molar refractivity (Wildman–Crippen MR) is 76.5 cm³/mol. The van der Waals surface area contributed by atoms with Crippen molar-refractivity contribution in [2.24, 2.45) is 0 Å². The molecule has 0 saturated heterocycles. The van der Waals surface area contributed by atoms with E-state index >= 15 is 0 Å². The van der Waals surface area contributed by atoms with Gasteiger partial charge in [0.1, 0.15) is 6.33 Å². The Labute approximate surface area is 118 Å². The van der Waals surface area contributed by atoms with E-state index in [1.165, 1.54) is 0 Å². The van der Waals surface area contributed by atoms with Crippen LogP contribution in [0.15, 0.2) is 49.1 Å². The highest BCUT2D eigenvalue weighted by Crippen LogP contribution is 2.23. The lowest BCUT2D eigenvalue weighted by Gasteiger charge is -1.98. The van der Waals surface area contributed by atoms with E-state index in [2.05, 4.69) is 20.1 Å². The molecule has 0 atom stereocenters. The monoisotopic (exact) mass is 281 g/mol. The molecule has 3 heterocycles. The third-order valence-electron chi connectivity index (χ3n) is 3.08. The van der Waals surface area contributed by atoms with Crippen LogP contribution in [-0.2, 0) is 0 Å². The maximum Gasteiger partial charge on any atom is 0.182 e. The fourth-order valence-corrected chi connectivity index (χ4v) is 2.30. The average molecular weight is 282 g/mol. The lowest BCUT2D eigenvalue weighted by Crippen LogP contribution is -1.91. The Bertz CT molecular complexity index is 917. The van der Waals surface area contributed by atoms with Gasteiger partial charge in [-0.3, -0.25) is 4.98 Å². The van der Waals surface area contributed by atoms with Crippen LogP contribution < -0.4 is 0 Å². The van der Waals surface area contributed by atoms with Gasteiger partial charge in [-0.2, -0.15) is 0 Å². The van der Waals surface area contributed by atoms with Crippen molar-refractivity contribution in [2.75, 3.05) is 0 Å². The molecule has 6 heteroatoms. The van der Waals surface area contributed by atoms with Crippen LogP contribution in [0.3, 0.4) is 0 Å². The molecule has 0 spiro atoms. The fourth-order valence-electron chi connectivity index (χ4n) is 2.13. The van der Waals surface area contributed by atoms with Crippen molar-refractivity contribution in [2.45, 2.75) is 0 Å². The number of nitrogens with zero attached hydrogens (tertiary/aromatic N) is 5. The number of hydrogen-bond acceptors (Lipinski definition) is 4. The number of fused-ring (bicyclic) bond motifs is 3. The summed E-state index contributed by atoms with van der Waals surface area (Å²) in [6.07, 6.45) is 5.09. The summed E-state index contributed by atoms with van der Waals surface area (Å²) < 4.78 is 1.66. The molecule has 0 N–H and O–H groups in total. The van der Waals surface area contributed by atoms with Crippen LogP contribution in [0.5, 0.6) is 0 Å². The van der Waals surface area contributed by atoms with E-state index < -0.39 is 0 Å². The highest BCUT2D eigenvalue weighted by Gasteiger charge is 2.10. The molecule has 20 heavy (non-hydrogen) atoms. The average Bonchev–Trinajstić information content (AvgIpc) is 2.93. The molecule has 0 radical (unpaired) electrons. The number of halogens is 1. The summed E-state index contributed by atoms with van der Waals surface area (Å²) in [6, 6.07) is 9.28. The first-order chi connectivity index (χ1) is 9.81. The summed E-state index contributed by atoms with van der Waals surface area (Å²) in [5.74, 6) is 0.640. The Balaban J connectivity index is 2.04. The summed E-state index contributed by atoms with van der Waals surface area (Å²) in [4.78, 5) is 12.9. The predicted octanol–water partition coefficient (Wildman–Crippen LogP) is 2.99. The van der Waals surface area contributed by atoms with E-state index in [4.69, 9.17) is 11.6 Å². The van der Waals surface area contributed by atoms with Gasteiger partial charge in [0.2, 0.25) is 0 Å². The van der Waals surface area contributed by atoms with Crippen LogP contribution in [0.4, 0.5) is 0 Å². The second-order valence-corrected chi connectivity index (χ2v) is 4.78. The maximum atomic E-state index is 6.05. The normalized spacial score (nSPS) is 11.2. The molecular formula is C14H8ClN5. The molecule has 4 aromatic rings. The highest BCUT2D eigenvalue weighted by atomic mass is 35.5. The molecule has 1 aromatic carbocycles. The summed E-state index contributed by atoms with van der Waals surface area (Å²) in [7, 11) is 0. The van der Waals surface area contributed by atoms with Crippen LogP contribution in [0.2, 0.25) is 5.02 Å².